The van der Waals surface area contributed by atoms with Crippen molar-refractivity contribution in [1.82, 2.24) is 0 Å². The van der Waals surface area contributed by atoms with Gasteiger partial charge in [-0.1, -0.05) is 11.8 Å². The smallest absolute Gasteiger partial charge is 0.284 e. The highest BCUT2D eigenvalue weighted by Crippen LogP contribution is 2.20. The molecule has 0 aliphatic rings. The summed E-state index contributed by atoms with van der Waals surface area (Å²) < 4.78 is 28.3. The summed E-state index contributed by atoms with van der Waals surface area (Å²) in [4.78, 5) is 0. The van der Waals surface area contributed by atoms with Crippen LogP contribution in [-0.4, -0.2) is 10.9 Å². The Labute approximate surface area is 72.6 Å². The molecule has 0 aliphatic carbocycles. The van der Waals surface area contributed by atoms with Gasteiger partial charge < -0.3 is 9.52 Å². The second-order valence-electron chi connectivity index (χ2n) is 2.10. The molecule has 0 bridgehead atoms. The summed E-state index contributed by atoms with van der Waals surface area (Å²) >= 11 is 0.499. The van der Waals surface area contributed by atoms with E-state index >= 15 is 0 Å². The summed E-state index contributed by atoms with van der Waals surface area (Å²) in [7, 11) is 0. The molecular formula is C7H8F2O2S. The summed E-state index contributed by atoms with van der Waals surface area (Å²) in [5.74, 6) is -1.38. The molecule has 0 aromatic carbocycles. The summed E-state index contributed by atoms with van der Waals surface area (Å²) in [6.45, 7) is -0.195. The largest absolute Gasteiger partial charge is 0.463 e. The topological polar surface area (TPSA) is 33.4 Å². The highest BCUT2D eigenvalue weighted by Gasteiger charge is 2.06. The fourth-order valence-corrected chi connectivity index (χ4v) is 1.18. The summed E-state index contributed by atoms with van der Waals surface area (Å²) in [5, 5.41) is 8.58. The van der Waals surface area contributed by atoms with E-state index in [9.17, 15) is 8.78 Å². The zero-order chi connectivity index (χ0) is 8.97. The van der Waals surface area contributed by atoms with Crippen molar-refractivity contribution in [3.63, 3.8) is 0 Å². The number of hydrogen-bond donors (Lipinski definition) is 1. The van der Waals surface area contributed by atoms with Gasteiger partial charge in [0.2, 0.25) is 0 Å². The first-order chi connectivity index (χ1) is 5.72. The van der Waals surface area contributed by atoms with Crippen LogP contribution in [0.1, 0.15) is 11.5 Å². The van der Waals surface area contributed by atoms with Crippen molar-refractivity contribution in [2.45, 2.75) is 18.1 Å². The molecule has 0 unspecified atom stereocenters. The van der Waals surface area contributed by atoms with Crippen molar-refractivity contribution in [2.24, 2.45) is 0 Å². The minimum Gasteiger partial charge on any atom is -0.463 e. The Morgan fingerprint density at radius 3 is 2.58 bits per heavy atom. The highest BCUT2D eigenvalue weighted by molar-refractivity contribution is 7.98. The Hall–Kier alpha value is -0.550. The first kappa shape index (κ1) is 9.54. The average molecular weight is 194 g/mol. The number of aliphatic hydroxyl groups is 1. The third kappa shape index (κ3) is 2.83. The SMILES string of the molecule is OCc1ccc(CSC(F)F)o1. The predicted octanol–water partition coefficient (Wildman–Crippen LogP) is 2.23. The first-order valence-electron chi connectivity index (χ1n) is 3.30. The van der Waals surface area contributed by atoms with Crippen molar-refractivity contribution in [1.29, 1.82) is 0 Å². The van der Waals surface area contributed by atoms with E-state index in [-0.39, 0.29) is 12.4 Å². The van der Waals surface area contributed by atoms with Crippen molar-refractivity contribution in [2.75, 3.05) is 0 Å². The summed E-state index contributed by atoms with van der Waals surface area (Å²) in [6.07, 6.45) is 0. The Balaban J connectivity index is 2.41. The Morgan fingerprint density at radius 2 is 2.08 bits per heavy atom. The molecule has 2 nitrogen and oxygen atoms in total. The van der Waals surface area contributed by atoms with Gasteiger partial charge in [0.05, 0.1) is 5.75 Å². The van der Waals surface area contributed by atoms with E-state index in [1.54, 1.807) is 12.1 Å². The molecule has 0 saturated carbocycles. The van der Waals surface area contributed by atoms with Crippen molar-refractivity contribution in [3.8, 4) is 0 Å². The van der Waals surface area contributed by atoms with Crippen LogP contribution < -0.4 is 0 Å². The normalized spacial score (nSPS) is 11.0. The molecule has 0 aliphatic heterocycles. The molecule has 0 radical (unpaired) electrons. The van der Waals surface area contributed by atoms with E-state index in [2.05, 4.69) is 0 Å². The van der Waals surface area contributed by atoms with Crippen LogP contribution in [-0.2, 0) is 12.4 Å². The van der Waals surface area contributed by atoms with E-state index < -0.39 is 5.76 Å². The fraction of sp³-hybridized carbons (Fsp3) is 0.429. The maximum atomic E-state index is 11.7. The van der Waals surface area contributed by atoms with Gasteiger partial charge >= 0.3 is 0 Å². The maximum Gasteiger partial charge on any atom is 0.284 e. The first-order valence-corrected chi connectivity index (χ1v) is 4.35. The highest BCUT2D eigenvalue weighted by atomic mass is 32.2. The van der Waals surface area contributed by atoms with Gasteiger partial charge in [0.25, 0.3) is 5.76 Å². The number of thioether (sulfide) groups is 1. The fourth-order valence-electron chi connectivity index (χ4n) is 0.730. The van der Waals surface area contributed by atoms with E-state index in [1.807, 2.05) is 0 Å². The lowest BCUT2D eigenvalue weighted by molar-refractivity contribution is 0.243. The van der Waals surface area contributed by atoms with Gasteiger partial charge in [0.15, 0.2) is 0 Å². The Bertz CT molecular complexity index is 237. The van der Waals surface area contributed by atoms with Crippen LogP contribution in [0.4, 0.5) is 8.78 Å². The van der Waals surface area contributed by atoms with Crippen LogP contribution >= 0.6 is 11.8 Å². The maximum absolute atomic E-state index is 11.7. The molecule has 68 valence electrons. The zero-order valence-electron chi connectivity index (χ0n) is 6.17. The van der Waals surface area contributed by atoms with Crippen molar-refractivity contribution < 1.29 is 18.3 Å². The molecule has 1 heterocycles. The lowest BCUT2D eigenvalue weighted by Crippen LogP contribution is -1.83. The lowest BCUT2D eigenvalue weighted by Gasteiger charge is -1.95. The van der Waals surface area contributed by atoms with Crippen LogP contribution in [0.5, 0.6) is 0 Å². The number of hydrogen-bond acceptors (Lipinski definition) is 3. The molecule has 0 saturated heterocycles. The van der Waals surface area contributed by atoms with Crippen LogP contribution in [0, 0.1) is 0 Å². The van der Waals surface area contributed by atoms with Gasteiger partial charge in [0, 0.05) is 0 Å². The molecule has 5 heteroatoms. The molecule has 12 heavy (non-hydrogen) atoms. The number of alkyl halides is 2. The number of aliphatic hydroxyl groups excluding tert-OH is 1. The van der Waals surface area contributed by atoms with E-state index in [1.165, 1.54) is 0 Å². The van der Waals surface area contributed by atoms with Crippen LogP contribution in [0.3, 0.4) is 0 Å². The number of halogens is 2. The van der Waals surface area contributed by atoms with Gasteiger partial charge in [-0.2, -0.15) is 8.78 Å². The van der Waals surface area contributed by atoms with Gasteiger partial charge in [-0.05, 0) is 12.1 Å². The summed E-state index contributed by atoms with van der Waals surface area (Å²) in [6, 6.07) is 3.16. The van der Waals surface area contributed by atoms with Crippen LogP contribution in [0.15, 0.2) is 16.5 Å². The van der Waals surface area contributed by atoms with Gasteiger partial charge in [-0.15, -0.1) is 0 Å². The van der Waals surface area contributed by atoms with Gasteiger partial charge in [-0.25, -0.2) is 0 Å². The van der Waals surface area contributed by atoms with Gasteiger partial charge in [-0.3, -0.25) is 0 Å². The van der Waals surface area contributed by atoms with E-state index in [0.29, 0.717) is 23.3 Å². The third-order valence-electron chi connectivity index (χ3n) is 1.22. The van der Waals surface area contributed by atoms with Crippen LogP contribution in [0.2, 0.25) is 0 Å². The van der Waals surface area contributed by atoms with Crippen LogP contribution in [0.25, 0.3) is 0 Å². The molecule has 1 aromatic rings. The monoisotopic (exact) mass is 194 g/mol. The predicted molar refractivity (Wildman–Crippen MR) is 41.9 cm³/mol. The summed E-state index contributed by atoms with van der Waals surface area (Å²) in [5.41, 5.74) is 0. The molecule has 0 atom stereocenters. The Morgan fingerprint density at radius 1 is 1.42 bits per heavy atom. The molecule has 0 amide bonds. The second-order valence-corrected chi connectivity index (χ2v) is 3.08. The standard InChI is InChI=1S/C7H8F2O2S/c8-7(9)12-4-6-2-1-5(3-10)11-6/h1-2,7,10H,3-4H2. The van der Waals surface area contributed by atoms with E-state index in [0.717, 1.165) is 0 Å². The van der Waals surface area contributed by atoms with Crippen molar-refractivity contribution >= 4 is 11.8 Å². The lowest BCUT2D eigenvalue weighted by atomic mass is 10.4. The molecule has 1 N–H and O–H groups in total. The third-order valence-corrected chi connectivity index (χ3v) is 1.93. The molecule has 0 fully saturated rings. The Kier molecular flexibility index (Phi) is 3.55. The molecule has 1 aromatic heterocycles. The minimum absolute atomic E-state index is 0.137. The second kappa shape index (κ2) is 4.47. The quantitative estimate of drug-likeness (QED) is 0.797. The zero-order valence-corrected chi connectivity index (χ0v) is 6.98. The van der Waals surface area contributed by atoms with Crippen molar-refractivity contribution in [3.05, 3.63) is 23.7 Å². The molecule has 0 spiro atoms. The number of rotatable bonds is 4. The number of furan rings is 1. The minimum atomic E-state index is -2.38. The average Bonchev–Trinajstić information content (AvgIpc) is 2.48. The van der Waals surface area contributed by atoms with Gasteiger partial charge in [0.1, 0.15) is 18.1 Å². The van der Waals surface area contributed by atoms with E-state index in [4.69, 9.17) is 9.52 Å². The molecule has 1 rings (SSSR count). The molecular weight excluding hydrogens is 186 g/mol.